The number of aromatic nitrogens is 2. The maximum absolute atomic E-state index is 12.1. The summed E-state index contributed by atoms with van der Waals surface area (Å²) in [4.78, 5) is 12.1. The van der Waals surface area contributed by atoms with E-state index < -0.39 is 6.10 Å². The lowest BCUT2D eigenvalue weighted by Gasteiger charge is -2.09. The molecule has 0 spiro atoms. The number of amides is 1. The molecule has 0 unspecified atom stereocenters. The van der Waals surface area contributed by atoms with Gasteiger partial charge in [0.15, 0.2) is 0 Å². The molecule has 0 aliphatic rings. The largest absolute Gasteiger partial charge is 0.464 e. The second-order valence-electron chi connectivity index (χ2n) is 4.64. The normalized spacial score (nSPS) is 12.5. The summed E-state index contributed by atoms with van der Waals surface area (Å²) in [6, 6.07) is 8.57. The molecule has 6 nitrogen and oxygen atoms in total. The van der Waals surface area contributed by atoms with Gasteiger partial charge in [0.25, 0.3) is 5.91 Å². The Kier molecular flexibility index (Phi) is 3.68. The van der Waals surface area contributed by atoms with Crippen molar-refractivity contribution in [1.29, 1.82) is 0 Å². The molecule has 1 amide bonds. The highest BCUT2D eigenvalue weighted by Crippen LogP contribution is 2.16. The Balaban J connectivity index is 1.65. The van der Waals surface area contributed by atoms with E-state index in [9.17, 15) is 9.90 Å². The summed E-state index contributed by atoms with van der Waals surface area (Å²) in [5.41, 5.74) is 1.94. The minimum atomic E-state index is -0.868. The van der Waals surface area contributed by atoms with Crippen molar-refractivity contribution in [2.75, 3.05) is 6.54 Å². The van der Waals surface area contributed by atoms with Crippen LogP contribution < -0.4 is 5.32 Å². The highest BCUT2D eigenvalue weighted by molar-refractivity contribution is 7.00. The second-order valence-corrected chi connectivity index (χ2v) is 5.17. The second kappa shape index (κ2) is 5.63. The lowest BCUT2D eigenvalue weighted by Crippen LogP contribution is -2.28. The lowest BCUT2D eigenvalue weighted by atomic mass is 10.2. The minimum absolute atomic E-state index is 0.0825. The van der Waals surface area contributed by atoms with Gasteiger partial charge in [0.2, 0.25) is 0 Å². The van der Waals surface area contributed by atoms with Crippen LogP contribution in [-0.2, 0) is 0 Å². The molecule has 0 saturated heterocycles. The number of carbonyl (C=O) groups excluding carboxylic acids is 1. The molecular formula is C14H13N3O3S. The summed E-state index contributed by atoms with van der Waals surface area (Å²) in [6.07, 6.45) is -0.868. The number of aliphatic hydroxyl groups is 1. The zero-order chi connectivity index (χ0) is 14.8. The lowest BCUT2D eigenvalue weighted by molar-refractivity contribution is 0.0900. The quantitative estimate of drug-likeness (QED) is 0.770. The number of aryl methyl sites for hydroxylation is 1. The maximum atomic E-state index is 12.1. The molecule has 2 heterocycles. The molecule has 21 heavy (non-hydrogen) atoms. The molecule has 108 valence electrons. The van der Waals surface area contributed by atoms with E-state index in [2.05, 4.69) is 14.1 Å². The van der Waals surface area contributed by atoms with E-state index in [0.717, 1.165) is 23.0 Å². The molecule has 1 atom stereocenters. The van der Waals surface area contributed by atoms with Gasteiger partial charge in [0.1, 0.15) is 28.7 Å². The molecule has 3 aromatic rings. The number of carbonyl (C=O) groups is 1. The molecular weight excluding hydrogens is 290 g/mol. The van der Waals surface area contributed by atoms with Crippen molar-refractivity contribution >= 4 is 28.7 Å². The van der Waals surface area contributed by atoms with Crippen LogP contribution in [0.4, 0.5) is 0 Å². The van der Waals surface area contributed by atoms with Crippen molar-refractivity contribution in [3.63, 3.8) is 0 Å². The predicted octanol–water partition coefficient (Wildman–Crippen LogP) is 2.06. The van der Waals surface area contributed by atoms with E-state index in [1.807, 2.05) is 0 Å². The smallest absolute Gasteiger partial charge is 0.251 e. The van der Waals surface area contributed by atoms with Gasteiger partial charge in [0.05, 0.1) is 18.3 Å². The third-order valence-corrected chi connectivity index (χ3v) is 3.62. The Labute approximate surface area is 124 Å². The predicted molar refractivity (Wildman–Crippen MR) is 78.2 cm³/mol. The van der Waals surface area contributed by atoms with Crippen molar-refractivity contribution in [2.45, 2.75) is 13.0 Å². The van der Waals surface area contributed by atoms with Gasteiger partial charge < -0.3 is 14.8 Å². The van der Waals surface area contributed by atoms with Crippen molar-refractivity contribution in [1.82, 2.24) is 14.1 Å². The molecule has 0 radical (unpaired) electrons. The number of furan rings is 1. The molecule has 0 bridgehead atoms. The van der Waals surface area contributed by atoms with Gasteiger partial charge in [-0.2, -0.15) is 8.75 Å². The Morgan fingerprint density at radius 3 is 2.90 bits per heavy atom. The third kappa shape index (κ3) is 2.93. The van der Waals surface area contributed by atoms with Gasteiger partial charge in [0, 0.05) is 5.56 Å². The van der Waals surface area contributed by atoms with Crippen molar-refractivity contribution in [3.05, 3.63) is 47.4 Å². The van der Waals surface area contributed by atoms with Crippen LogP contribution in [0.1, 0.15) is 28.0 Å². The van der Waals surface area contributed by atoms with Crippen LogP contribution in [-0.4, -0.2) is 26.3 Å². The summed E-state index contributed by atoms with van der Waals surface area (Å²) in [6.45, 7) is 1.88. The molecule has 7 heteroatoms. The summed E-state index contributed by atoms with van der Waals surface area (Å²) in [5, 5.41) is 12.6. The highest BCUT2D eigenvalue weighted by atomic mass is 32.1. The van der Waals surface area contributed by atoms with Crippen molar-refractivity contribution in [3.8, 4) is 0 Å². The Hall–Kier alpha value is -2.25. The standard InChI is InChI=1S/C14H13N3O3S/c1-8-2-5-13(20-8)12(18)7-15-14(19)9-3-4-10-11(6-9)17-21-16-10/h2-6,12,18H,7H2,1H3,(H,15,19)/t12-/m1/s1. The van der Waals surface area contributed by atoms with E-state index in [1.54, 1.807) is 37.3 Å². The van der Waals surface area contributed by atoms with Crippen LogP contribution in [0.25, 0.3) is 11.0 Å². The first-order chi connectivity index (χ1) is 10.1. The summed E-state index contributed by atoms with van der Waals surface area (Å²) >= 11 is 1.11. The van der Waals surface area contributed by atoms with E-state index in [0.29, 0.717) is 16.8 Å². The first kappa shape index (κ1) is 13.7. The topological polar surface area (TPSA) is 88.2 Å². The van der Waals surface area contributed by atoms with Gasteiger partial charge in [-0.05, 0) is 37.3 Å². The van der Waals surface area contributed by atoms with Crippen LogP contribution in [0.5, 0.6) is 0 Å². The van der Waals surface area contributed by atoms with Gasteiger partial charge in [-0.15, -0.1) is 0 Å². The van der Waals surface area contributed by atoms with Crippen LogP contribution >= 0.6 is 11.7 Å². The fourth-order valence-corrected chi connectivity index (χ4v) is 2.47. The molecule has 1 aromatic carbocycles. The average Bonchev–Trinajstić information content (AvgIpc) is 3.12. The first-order valence-electron chi connectivity index (χ1n) is 6.38. The molecule has 2 aromatic heterocycles. The number of hydrogen-bond acceptors (Lipinski definition) is 6. The molecule has 3 rings (SSSR count). The monoisotopic (exact) mass is 303 g/mol. The fourth-order valence-electron chi connectivity index (χ4n) is 1.95. The van der Waals surface area contributed by atoms with Crippen LogP contribution in [0, 0.1) is 6.92 Å². The number of rotatable bonds is 4. The van der Waals surface area contributed by atoms with Gasteiger partial charge in [-0.25, -0.2) is 0 Å². The van der Waals surface area contributed by atoms with Crippen LogP contribution in [0.2, 0.25) is 0 Å². The summed E-state index contributed by atoms with van der Waals surface area (Å²) in [7, 11) is 0. The molecule has 0 aliphatic heterocycles. The van der Waals surface area contributed by atoms with E-state index in [-0.39, 0.29) is 12.5 Å². The Bertz CT molecular complexity index is 780. The summed E-state index contributed by atoms with van der Waals surface area (Å²) in [5.74, 6) is 0.885. The molecule has 0 fully saturated rings. The highest BCUT2D eigenvalue weighted by Gasteiger charge is 2.14. The van der Waals surface area contributed by atoms with Crippen molar-refractivity contribution < 1.29 is 14.3 Å². The molecule has 0 aliphatic carbocycles. The molecule has 2 N–H and O–H groups in total. The van der Waals surface area contributed by atoms with E-state index >= 15 is 0 Å². The van der Waals surface area contributed by atoms with E-state index in [4.69, 9.17) is 4.42 Å². The average molecular weight is 303 g/mol. The van der Waals surface area contributed by atoms with Crippen molar-refractivity contribution in [2.24, 2.45) is 0 Å². The maximum Gasteiger partial charge on any atom is 0.251 e. The molecule has 0 saturated carbocycles. The number of hydrogen-bond donors (Lipinski definition) is 2. The Morgan fingerprint density at radius 1 is 1.33 bits per heavy atom. The number of benzene rings is 1. The zero-order valence-electron chi connectivity index (χ0n) is 11.2. The first-order valence-corrected chi connectivity index (χ1v) is 7.11. The number of fused-ring (bicyclic) bond motifs is 1. The SMILES string of the molecule is Cc1ccc([C@H](O)CNC(=O)c2ccc3nsnc3c2)o1. The summed E-state index contributed by atoms with van der Waals surface area (Å²) < 4.78 is 13.5. The fraction of sp³-hybridized carbons (Fsp3) is 0.214. The Morgan fingerprint density at radius 2 is 2.14 bits per heavy atom. The van der Waals surface area contributed by atoms with Gasteiger partial charge >= 0.3 is 0 Å². The van der Waals surface area contributed by atoms with Crippen LogP contribution in [0.15, 0.2) is 34.7 Å². The number of aliphatic hydroxyl groups excluding tert-OH is 1. The van der Waals surface area contributed by atoms with Gasteiger partial charge in [-0.1, -0.05) is 0 Å². The number of nitrogens with one attached hydrogen (secondary N) is 1. The number of nitrogens with zero attached hydrogens (tertiary/aromatic N) is 2. The van der Waals surface area contributed by atoms with Gasteiger partial charge in [-0.3, -0.25) is 4.79 Å². The van der Waals surface area contributed by atoms with E-state index in [1.165, 1.54) is 0 Å². The van der Waals surface area contributed by atoms with Crippen LogP contribution in [0.3, 0.4) is 0 Å². The zero-order valence-corrected chi connectivity index (χ0v) is 12.1. The third-order valence-electron chi connectivity index (χ3n) is 3.06. The minimum Gasteiger partial charge on any atom is -0.464 e.